The first-order chi connectivity index (χ1) is 11.9. The number of nitrogens with one attached hydrogen (secondary N) is 1. The Morgan fingerprint density at radius 3 is 2.44 bits per heavy atom. The second kappa shape index (κ2) is 6.89. The quantitative estimate of drug-likeness (QED) is 0.654. The minimum absolute atomic E-state index is 0.0278. The first-order valence-electron chi connectivity index (χ1n) is 8.37. The molecule has 0 aliphatic rings. The Morgan fingerprint density at radius 2 is 1.72 bits per heavy atom. The summed E-state index contributed by atoms with van der Waals surface area (Å²) in [4.78, 5) is 17.0. The fraction of sp³-hybridized carbons (Fsp3) is 0.182. The lowest BCUT2D eigenvalue weighted by molar-refractivity contribution is -0.123. The maximum atomic E-state index is 12.5. The molecule has 1 amide bonds. The normalized spacial score (nSPS) is 11.8. The molecular formula is C22H22N2O. The molecule has 0 radical (unpaired) electrons. The second-order valence-electron chi connectivity index (χ2n) is 7.05. The van der Waals surface area contributed by atoms with Crippen molar-refractivity contribution in [1.82, 2.24) is 4.98 Å². The molecule has 0 atom stereocenters. The van der Waals surface area contributed by atoms with Crippen LogP contribution in [0.4, 0.5) is 5.69 Å². The van der Waals surface area contributed by atoms with Gasteiger partial charge in [-0.15, -0.1) is 0 Å². The fourth-order valence-electron chi connectivity index (χ4n) is 2.48. The number of hydrogen-bond donors (Lipinski definition) is 1. The van der Waals surface area contributed by atoms with Crippen LogP contribution < -0.4 is 5.32 Å². The van der Waals surface area contributed by atoms with E-state index in [2.05, 4.69) is 10.3 Å². The summed E-state index contributed by atoms with van der Waals surface area (Å²) in [6, 6.07) is 18.0. The first-order valence-corrected chi connectivity index (χ1v) is 8.37. The summed E-state index contributed by atoms with van der Waals surface area (Å²) in [5.74, 6) is -0.0278. The molecule has 0 unspecified atom stereocenters. The predicted octanol–water partition coefficient (Wildman–Crippen LogP) is 5.39. The molecule has 0 bridgehead atoms. The number of carbonyl (C=O) groups is 1. The van der Waals surface area contributed by atoms with Gasteiger partial charge in [-0.25, -0.2) is 0 Å². The number of nitrogens with zero attached hydrogens (tertiary/aromatic N) is 1. The van der Waals surface area contributed by atoms with Gasteiger partial charge in [-0.05, 0) is 11.6 Å². The van der Waals surface area contributed by atoms with Gasteiger partial charge in [0.05, 0.1) is 11.2 Å². The minimum atomic E-state index is -0.475. The van der Waals surface area contributed by atoms with Crippen LogP contribution in [0.1, 0.15) is 31.9 Å². The molecule has 3 heteroatoms. The van der Waals surface area contributed by atoms with Gasteiger partial charge < -0.3 is 5.32 Å². The lowest BCUT2D eigenvalue weighted by Crippen LogP contribution is -2.28. The van der Waals surface area contributed by atoms with Crippen LogP contribution in [-0.4, -0.2) is 10.9 Å². The molecule has 1 aromatic heterocycles. The largest absolute Gasteiger partial charge is 0.323 e. The van der Waals surface area contributed by atoms with Gasteiger partial charge in [-0.3, -0.25) is 9.78 Å². The second-order valence-corrected chi connectivity index (χ2v) is 7.05. The maximum absolute atomic E-state index is 12.5. The highest BCUT2D eigenvalue weighted by Gasteiger charge is 2.22. The Hall–Kier alpha value is -2.94. The highest BCUT2D eigenvalue weighted by atomic mass is 16.2. The number of benzene rings is 2. The van der Waals surface area contributed by atoms with Gasteiger partial charge in [0.15, 0.2) is 0 Å². The number of carbonyl (C=O) groups excluding carboxylic acids is 1. The minimum Gasteiger partial charge on any atom is -0.323 e. The molecule has 3 aromatic rings. The van der Waals surface area contributed by atoms with E-state index in [0.29, 0.717) is 0 Å². The van der Waals surface area contributed by atoms with E-state index in [1.165, 1.54) is 0 Å². The molecule has 0 aliphatic heterocycles. The zero-order valence-corrected chi connectivity index (χ0v) is 14.8. The molecule has 0 saturated carbocycles. The van der Waals surface area contributed by atoms with Crippen molar-refractivity contribution in [2.45, 2.75) is 20.8 Å². The summed E-state index contributed by atoms with van der Waals surface area (Å²) >= 11 is 0. The van der Waals surface area contributed by atoms with Crippen molar-refractivity contribution in [2.24, 2.45) is 5.41 Å². The van der Waals surface area contributed by atoms with Crippen molar-refractivity contribution in [3.8, 4) is 0 Å². The number of anilines is 1. The van der Waals surface area contributed by atoms with E-state index in [4.69, 9.17) is 0 Å². The van der Waals surface area contributed by atoms with E-state index in [0.717, 1.165) is 27.7 Å². The van der Waals surface area contributed by atoms with Crippen LogP contribution in [0.25, 0.3) is 23.1 Å². The highest BCUT2D eigenvalue weighted by Crippen LogP contribution is 2.29. The van der Waals surface area contributed by atoms with Gasteiger partial charge >= 0.3 is 0 Å². The van der Waals surface area contributed by atoms with Crippen molar-refractivity contribution in [1.29, 1.82) is 0 Å². The van der Waals surface area contributed by atoms with Crippen molar-refractivity contribution in [3.63, 3.8) is 0 Å². The smallest absolute Gasteiger partial charge is 0.229 e. The van der Waals surface area contributed by atoms with Crippen LogP contribution in [0, 0.1) is 5.41 Å². The third-order valence-electron chi connectivity index (χ3n) is 3.98. The van der Waals surface area contributed by atoms with Crippen molar-refractivity contribution in [2.75, 3.05) is 5.32 Å². The molecule has 0 saturated heterocycles. The topological polar surface area (TPSA) is 42.0 Å². The molecule has 1 N–H and O–H groups in total. The summed E-state index contributed by atoms with van der Waals surface area (Å²) < 4.78 is 0. The number of hydrogen-bond acceptors (Lipinski definition) is 2. The molecule has 1 heterocycles. The van der Waals surface area contributed by atoms with E-state index in [9.17, 15) is 4.79 Å². The lowest BCUT2D eigenvalue weighted by atomic mass is 9.95. The molecule has 0 fully saturated rings. The lowest BCUT2D eigenvalue weighted by Gasteiger charge is -2.19. The van der Waals surface area contributed by atoms with Crippen LogP contribution in [0.3, 0.4) is 0 Å². The Morgan fingerprint density at radius 1 is 0.960 bits per heavy atom. The maximum Gasteiger partial charge on any atom is 0.229 e. The van der Waals surface area contributed by atoms with Crippen LogP contribution in [0.5, 0.6) is 0 Å². The molecule has 0 spiro atoms. The van der Waals surface area contributed by atoms with Gasteiger partial charge in [0.25, 0.3) is 0 Å². The number of rotatable bonds is 3. The van der Waals surface area contributed by atoms with Crippen LogP contribution in [0.15, 0.2) is 60.8 Å². The van der Waals surface area contributed by atoms with Gasteiger partial charge in [-0.2, -0.15) is 0 Å². The molecule has 2 aromatic carbocycles. The number of amides is 1. The van der Waals surface area contributed by atoms with Gasteiger partial charge in [0, 0.05) is 22.6 Å². The van der Waals surface area contributed by atoms with Crippen LogP contribution >= 0.6 is 0 Å². The zero-order valence-electron chi connectivity index (χ0n) is 14.8. The number of aromatic nitrogens is 1. The van der Waals surface area contributed by atoms with E-state index < -0.39 is 5.41 Å². The zero-order chi connectivity index (χ0) is 17.9. The van der Waals surface area contributed by atoms with E-state index in [-0.39, 0.29) is 5.91 Å². The van der Waals surface area contributed by atoms with E-state index >= 15 is 0 Å². The number of pyridine rings is 1. The number of fused-ring (bicyclic) bond motifs is 1. The average molecular weight is 330 g/mol. The average Bonchev–Trinajstić information content (AvgIpc) is 2.61. The van der Waals surface area contributed by atoms with Crippen LogP contribution in [0.2, 0.25) is 0 Å². The molecule has 3 rings (SSSR count). The monoisotopic (exact) mass is 330 g/mol. The molecule has 3 nitrogen and oxygen atoms in total. The van der Waals surface area contributed by atoms with E-state index in [1.807, 2.05) is 87.5 Å². The van der Waals surface area contributed by atoms with E-state index in [1.54, 1.807) is 6.20 Å². The summed E-state index contributed by atoms with van der Waals surface area (Å²) in [7, 11) is 0. The Bertz CT molecular complexity index is 922. The molecule has 0 aliphatic carbocycles. The third kappa shape index (κ3) is 3.94. The van der Waals surface area contributed by atoms with Gasteiger partial charge in [0.2, 0.25) is 5.91 Å². The summed E-state index contributed by atoms with van der Waals surface area (Å²) in [5.41, 5.74) is 3.13. The van der Waals surface area contributed by atoms with Crippen molar-refractivity contribution in [3.05, 3.63) is 71.9 Å². The predicted molar refractivity (Wildman–Crippen MR) is 105 cm³/mol. The summed E-state index contributed by atoms with van der Waals surface area (Å²) in [6.07, 6.45) is 5.80. The third-order valence-corrected chi connectivity index (χ3v) is 3.98. The van der Waals surface area contributed by atoms with Gasteiger partial charge in [0.1, 0.15) is 0 Å². The van der Waals surface area contributed by atoms with Gasteiger partial charge in [-0.1, -0.05) is 81.5 Å². The van der Waals surface area contributed by atoms with Crippen molar-refractivity contribution >= 4 is 34.6 Å². The Balaban J connectivity index is 2.07. The summed E-state index contributed by atoms with van der Waals surface area (Å²) in [5, 5.41) is 4.08. The Labute approximate surface area is 148 Å². The SMILES string of the molecule is CC(C)(C)C(=O)Nc1c(/C=C/c2ccccc2)ccc2cccnc12. The van der Waals surface area contributed by atoms with Crippen molar-refractivity contribution < 1.29 is 4.79 Å². The van der Waals surface area contributed by atoms with Crippen LogP contribution in [-0.2, 0) is 4.79 Å². The highest BCUT2D eigenvalue weighted by molar-refractivity contribution is 6.05. The molecule has 25 heavy (non-hydrogen) atoms. The molecular weight excluding hydrogens is 308 g/mol. The Kier molecular flexibility index (Phi) is 4.66. The first kappa shape index (κ1) is 16.9. The standard InChI is InChI=1S/C22H22N2O/c1-22(2,3)21(25)24-20-18(12-11-16-8-5-4-6-9-16)14-13-17-10-7-15-23-19(17)20/h4-15H,1-3H3,(H,24,25)/b12-11+. The fourth-order valence-corrected chi connectivity index (χ4v) is 2.48. The summed E-state index contributed by atoms with van der Waals surface area (Å²) in [6.45, 7) is 5.71. The molecule has 126 valence electrons.